The van der Waals surface area contributed by atoms with E-state index in [0.717, 1.165) is 24.2 Å². The molecule has 1 aromatic carbocycles. The fraction of sp³-hybridized carbons (Fsp3) is 0.381. The smallest absolute Gasteiger partial charge is 0.337 e. The van der Waals surface area contributed by atoms with E-state index in [-0.39, 0.29) is 17.9 Å². The Morgan fingerprint density at radius 3 is 3.04 bits per heavy atom. The number of hydrogen-bond donors (Lipinski definition) is 3. The maximum absolute atomic E-state index is 12.3. The average molecular weight is 368 g/mol. The van der Waals surface area contributed by atoms with Crippen molar-refractivity contribution in [3.8, 4) is 0 Å². The number of H-pyrrole nitrogens is 1. The number of nitrogens with one attached hydrogen (secondary N) is 2. The number of rotatable bonds is 4. The van der Waals surface area contributed by atoms with Crippen molar-refractivity contribution in [3.63, 3.8) is 0 Å². The second-order valence-corrected chi connectivity index (χ2v) is 7.07. The third kappa shape index (κ3) is 3.05. The Kier molecular flexibility index (Phi) is 4.76. The van der Waals surface area contributed by atoms with Crippen LogP contribution in [0.1, 0.15) is 23.7 Å². The zero-order chi connectivity index (χ0) is 19.0. The lowest BCUT2D eigenvalue weighted by Crippen LogP contribution is -2.39. The normalized spacial score (nSPS) is 27.4. The first-order chi connectivity index (χ1) is 13.1. The summed E-state index contributed by atoms with van der Waals surface area (Å²) in [4.78, 5) is 15.8. The van der Waals surface area contributed by atoms with Gasteiger partial charge in [0.25, 0.3) is 0 Å². The lowest BCUT2D eigenvalue weighted by Gasteiger charge is -2.36. The van der Waals surface area contributed by atoms with Gasteiger partial charge in [-0.05, 0) is 31.0 Å². The van der Waals surface area contributed by atoms with Crippen molar-refractivity contribution in [2.45, 2.75) is 25.2 Å². The summed E-state index contributed by atoms with van der Waals surface area (Å²) >= 11 is 0. The molecule has 2 aromatic rings. The van der Waals surface area contributed by atoms with E-state index in [0.29, 0.717) is 12.0 Å². The van der Waals surface area contributed by atoms with Crippen molar-refractivity contribution >= 4 is 16.9 Å². The minimum atomic E-state index is -1.02. The number of benzene rings is 1. The number of esters is 1. The molecule has 2 aliphatic rings. The predicted octanol–water partition coefficient (Wildman–Crippen LogP) is 2.57. The van der Waals surface area contributed by atoms with Crippen LogP contribution in [0.5, 0.6) is 0 Å². The molecule has 2 aliphatic heterocycles. The molecule has 6 heteroatoms. The summed E-state index contributed by atoms with van der Waals surface area (Å²) in [7, 11) is 1.35. The Bertz CT molecular complexity index is 901. The molecule has 4 rings (SSSR count). The first kappa shape index (κ1) is 17.8. The van der Waals surface area contributed by atoms with E-state index < -0.39 is 12.3 Å². The lowest BCUT2D eigenvalue weighted by molar-refractivity contribution is -0.142. The van der Waals surface area contributed by atoms with Gasteiger partial charge < -0.3 is 24.9 Å². The summed E-state index contributed by atoms with van der Waals surface area (Å²) in [6.07, 6.45) is 3.54. The van der Waals surface area contributed by atoms with Crippen LogP contribution in [0.25, 0.3) is 10.9 Å². The van der Waals surface area contributed by atoms with Crippen LogP contribution in [0, 0.1) is 11.8 Å². The number of aromatic nitrogens is 1. The molecule has 0 spiro atoms. The van der Waals surface area contributed by atoms with Crippen LogP contribution in [0.15, 0.2) is 48.8 Å². The lowest BCUT2D eigenvalue weighted by atomic mass is 9.78. The van der Waals surface area contributed by atoms with Crippen LogP contribution in [-0.4, -0.2) is 36.0 Å². The van der Waals surface area contributed by atoms with Crippen LogP contribution >= 0.6 is 0 Å². The van der Waals surface area contributed by atoms with E-state index in [1.165, 1.54) is 24.3 Å². The number of hydrogen-bond acceptors (Lipinski definition) is 5. The number of fused-ring (bicyclic) bond motifs is 3. The van der Waals surface area contributed by atoms with Crippen molar-refractivity contribution in [1.29, 1.82) is 0 Å². The Morgan fingerprint density at radius 2 is 2.26 bits per heavy atom. The van der Waals surface area contributed by atoms with E-state index >= 15 is 0 Å². The number of carbonyl (C=O) groups excluding carboxylic acids is 1. The number of ether oxygens (including phenoxy) is 2. The van der Waals surface area contributed by atoms with Crippen molar-refractivity contribution in [1.82, 2.24) is 10.3 Å². The summed E-state index contributed by atoms with van der Waals surface area (Å²) in [5.41, 5.74) is 4.01. The predicted molar refractivity (Wildman–Crippen MR) is 102 cm³/mol. The van der Waals surface area contributed by atoms with Gasteiger partial charge in [0.2, 0.25) is 6.29 Å². The summed E-state index contributed by atoms with van der Waals surface area (Å²) in [5, 5.41) is 15.0. The topological polar surface area (TPSA) is 83.6 Å². The van der Waals surface area contributed by atoms with Gasteiger partial charge in [0.15, 0.2) is 0 Å². The molecule has 0 fully saturated rings. The zero-order valence-electron chi connectivity index (χ0n) is 15.3. The molecule has 0 saturated heterocycles. The van der Waals surface area contributed by atoms with E-state index in [2.05, 4.69) is 29.0 Å². The number of para-hydroxylation sites is 1. The minimum Gasteiger partial charge on any atom is -0.472 e. The molecule has 6 nitrogen and oxygen atoms in total. The molecule has 4 atom stereocenters. The summed E-state index contributed by atoms with van der Waals surface area (Å²) < 4.78 is 10.2. The largest absolute Gasteiger partial charge is 0.472 e. The second kappa shape index (κ2) is 7.21. The van der Waals surface area contributed by atoms with E-state index in [1.807, 2.05) is 12.1 Å². The number of aliphatic hydroxyl groups is 1. The second-order valence-electron chi connectivity index (χ2n) is 7.07. The molecular formula is C21H24N2O4. The number of carbonyl (C=O) groups is 1. The van der Waals surface area contributed by atoms with Crippen molar-refractivity contribution in [2.24, 2.45) is 11.8 Å². The van der Waals surface area contributed by atoms with E-state index in [9.17, 15) is 9.90 Å². The van der Waals surface area contributed by atoms with E-state index in [4.69, 9.17) is 9.47 Å². The van der Waals surface area contributed by atoms with Gasteiger partial charge in [0.1, 0.15) is 0 Å². The first-order valence-corrected chi connectivity index (χ1v) is 9.21. The molecule has 0 radical (unpaired) electrons. The van der Waals surface area contributed by atoms with Crippen LogP contribution in [0.4, 0.5) is 0 Å². The third-order valence-corrected chi connectivity index (χ3v) is 5.67. The third-order valence-electron chi connectivity index (χ3n) is 5.67. The van der Waals surface area contributed by atoms with Crippen LogP contribution < -0.4 is 5.32 Å². The molecule has 0 aliphatic carbocycles. The van der Waals surface area contributed by atoms with Gasteiger partial charge in [0, 0.05) is 34.5 Å². The first-order valence-electron chi connectivity index (χ1n) is 9.21. The number of aromatic amines is 1. The average Bonchev–Trinajstić information content (AvgIpc) is 3.07. The minimum absolute atomic E-state index is 0.0342. The van der Waals surface area contributed by atoms with Crippen molar-refractivity contribution in [3.05, 3.63) is 60.0 Å². The van der Waals surface area contributed by atoms with Crippen molar-refractivity contribution in [2.75, 3.05) is 13.7 Å². The quantitative estimate of drug-likeness (QED) is 0.571. The molecule has 27 heavy (non-hydrogen) atoms. The maximum atomic E-state index is 12.3. The molecule has 0 amide bonds. The molecule has 0 saturated carbocycles. The Hall–Kier alpha value is -2.57. The van der Waals surface area contributed by atoms with Crippen LogP contribution in [0.2, 0.25) is 0 Å². The molecule has 4 unspecified atom stereocenters. The summed E-state index contributed by atoms with van der Waals surface area (Å²) in [6, 6.07) is 8.32. The molecular weight excluding hydrogens is 344 g/mol. The van der Waals surface area contributed by atoms with Gasteiger partial charge >= 0.3 is 5.97 Å². The number of aliphatic hydroxyl groups excluding tert-OH is 1. The molecule has 142 valence electrons. The van der Waals surface area contributed by atoms with Gasteiger partial charge in [-0.25, -0.2) is 4.79 Å². The van der Waals surface area contributed by atoms with Gasteiger partial charge in [-0.3, -0.25) is 0 Å². The summed E-state index contributed by atoms with van der Waals surface area (Å²) in [6.45, 7) is 4.69. The van der Waals surface area contributed by atoms with Gasteiger partial charge in [-0.15, -0.1) is 6.58 Å². The SMILES string of the molecule is C=CC1C(O)OC=C(C(=O)OC)C1CC1NCCc2c1[nH]c1ccccc21. The highest BCUT2D eigenvalue weighted by Gasteiger charge is 2.39. The maximum Gasteiger partial charge on any atom is 0.337 e. The zero-order valence-corrected chi connectivity index (χ0v) is 15.3. The monoisotopic (exact) mass is 368 g/mol. The molecule has 3 heterocycles. The Morgan fingerprint density at radius 1 is 1.44 bits per heavy atom. The highest BCUT2D eigenvalue weighted by atomic mass is 16.6. The fourth-order valence-corrected chi connectivity index (χ4v) is 4.33. The van der Waals surface area contributed by atoms with Gasteiger partial charge in [-0.1, -0.05) is 24.3 Å². The number of methoxy groups -OCH3 is 1. The standard InChI is InChI=1S/C21H24N2O4/c1-3-12-15(16(20(24)26-2)11-27-21(12)25)10-18-19-14(8-9-22-18)13-6-4-5-7-17(13)23-19/h3-7,11-12,15,18,21-23,25H,1,8-10H2,2H3. The highest BCUT2D eigenvalue weighted by Crippen LogP contribution is 2.40. The molecule has 3 N–H and O–H groups in total. The molecule has 1 aromatic heterocycles. The highest BCUT2D eigenvalue weighted by molar-refractivity contribution is 5.89. The summed E-state index contributed by atoms with van der Waals surface area (Å²) in [5.74, 6) is -1.08. The van der Waals surface area contributed by atoms with Gasteiger partial charge in [-0.2, -0.15) is 0 Å². The van der Waals surface area contributed by atoms with Crippen LogP contribution in [0.3, 0.4) is 0 Å². The van der Waals surface area contributed by atoms with Gasteiger partial charge in [0.05, 0.1) is 18.9 Å². The van der Waals surface area contributed by atoms with Crippen LogP contribution in [-0.2, 0) is 20.7 Å². The Balaban J connectivity index is 1.70. The Labute approximate surface area is 157 Å². The molecule has 0 bridgehead atoms. The van der Waals surface area contributed by atoms with E-state index in [1.54, 1.807) is 6.08 Å². The van der Waals surface area contributed by atoms with Crippen molar-refractivity contribution < 1.29 is 19.4 Å². The fourth-order valence-electron chi connectivity index (χ4n) is 4.33.